The average molecular weight is 336 g/mol. The van der Waals surface area contributed by atoms with Gasteiger partial charge in [0.25, 0.3) is 0 Å². The van der Waals surface area contributed by atoms with Crippen molar-refractivity contribution < 1.29 is 14.3 Å². The Bertz CT molecular complexity index is 828. The smallest absolute Gasteiger partial charge is 0.341 e. The fourth-order valence-electron chi connectivity index (χ4n) is 2.13. The summed E-state index contributed by atoms with van der Waals surface area (Å²) >= 11 is 3.37. The monoisotopic (exact) mass is 335 g/mol. The van der Waals surface area contributed by atoms with Gasteiger partial charge in [0.15, 0.2) is 0 Å². The van der Waals surface area contributed by atoms with Crippen LogP contribution in [0.2, 0.25) is 0 Å². The van der Waals surface area contributed by atoms with E-state index in [-0.39, 0.29) is 0 Å². The summed E-state index contributed by atoms with van der Waals surface area (Å²) in [5.41, 5.74) is 2.42. The van der Waals surface area contributed by atoms with E-state index in [1.54, 1.807) is 6.20 Å². The normalized spacial score (nSPS) is 10.9. The molecule has 3 aromatic rings. The van der Waals surface area contributed by atoms with Gasteiger partial charge < -0.3 is 14.5 Å². The molecule has 1 N–H and O–H groups in total. The number of methoxy groups -OCH3 is 2. The van der Waals surface area contributed by atoms with Crippen LogP contribution in [0, 0.1) is 0 Å². The van der Waals surface area contributed by atoms with E-state index in [1.807, 2.05) is 6.07 Å². The Labute approximate surface area is 122 Å². The van der Waals surface area contributed by atoms with Crippen LogP contribution in [0.1, 0.15) is 10.4 Å². The number of halogens is 1. The maximum absolute atomic E-state index is 11.8. The van der Waals surface area contributed by atoms with Gasteiger partial charge in [-0.1, -0.05) is 0 Å². The van der Waals surface area contributed by atoms with Gasteiger partial charge in [-0.3, -0.25) is 4.98 Å². The first kappa shape index (κ1) is 12.9. The third kappa shape index (κ3) is 1.82. The van der Waals surface area contributed by atoms with Gasteiger partial charge in [-0.15, -0.1) is 0 Å². The molecule has 0 fully saturated rings. The molecule has 0 aliphatic rings. The van der Waals surface area contributed by atoms with Crippen LogP contribution < -0.4 is 4.74 Å². The Kier molecular flexibility index (Phi) is 3.06. The van der Waals surface area contributed by atoms with E-state index < -0.39 is 5.97 Å². The quantitative estimate of drug-likeness (QED) is 0.728. The predicted molar refractivity (Wildman–Crippen MR) is 77.0 cm³/mol. The average Bonchev–Trinajstić information content (AvgIpc) is 2.83. The summed E-state index contributed by atoms with van der Waals surface area (Å²) in [6.07, 6.45) is 3.11. The second-order valence-electron chi connectivity index (χ2n) is 4.10. The highest BCUT2D eigenvalue weighted by molar-refractivity contribution is 9.10. The summed E-state index contributed by atoms with van der Waals surface area (Å²) < 4.78 is 10.9. The number of esters is 1. The first-order chi connectivity index (χ1) is 9.65. The zero-order chi connectivity index (χ0) is 14.3. The number of hydrogen-bond donors (Lipinski definition) is 1. The van der Waals surface area contributed by atoms with E-state index in [4.69, 9.17) is 9.47 Å². The molecule has 20 heavy (non-hydrogen) atoms. The molecular weight excluding hydrogens is 326 g/mol. The van der Waals surface area contributed by atoms with Crippen LogP contribution in [0.25, 0.3) is 21.9 Å². The lowest BCUT2D eigenvalue weighted by atomic mass is 10.2. The first-order valence-electron chi connectivity index (χ1n) is 5.74. The number of nitrogens with zero attached hydrogens (tertiary/aromatic N) is 2. The van der Waals surface area contributed by atoms with Crippen molar-refractivity contribution in [1.29, 1.82) is 0 Å². The second-order valence-corrected chi connectivity index (χ2v) is 5.01. The van der Waals surface area contributed by atoms with Gasteiger partial charge in [-0.05, 0) is 22.0 Å². The summed E-state index contributed by atoms with van der Waals surface area (Å²) in [6, 6.07) is 1.88. The summed E-state index contributed by atoms with van der Waals surface area (Å²) in [5.74, 6) is -0.0514. The minimum absolute atomic E-state index is 0.345. The van der Waals surface area contributed by atoms with Crippen LogP contribution in [0.5, 0.6) is 5.88 Å². The second kappa shape index (κ2) is 4.75. The Morgan fingerprint density at radius 1 is 1.30 bits per heavy atom. The van der Waals surface area contributed by atoms with Crippen molar-refractivity contribution in [2.75, 3.05) is 14.2 Å². The Hall–Kier alpha value is -2.15. The standard InChI is InChI=1S/C13H10BrN3O3/c1-19-12-9-10(7(5-16-12)13(18)20-2)17-8-3-6(14)4-15-11(8)9/h3-5,17H,1-2H3. The lowest BCUT2D eigenvalue weighted by molar-refractivity contribution is 0.0602. The molecule has 0 saturated carbocycles. The van der Waals surface area contributed by atoms with Gasteiger partial charge in [0.1, 0.15) is 11.1 Å². The highest BCUT2D eigenvalue weighted by Crippen LogP contribution is 2.33. The molecule has 102 valence electrons. The molecule has 3 heterocycles. The molecule has 3 aromatic heterocycles. The van der Waals surface area contributed by atoms with Gasteiger partial charge in [-0.2, -0.15) is 0 Å². The first-order valence-corrected chi connectivity index (χ1v) is 6.53. The van der Waals surface area contributed by atoms with E-state index in [2.05, 4.69) is 30.9 Å². The third-order valence-corrected chi connectivity index (χ3v) is 3.43. The summed E-state index contributed by atoms with van der Waals surface area (Å²) in [5, 5.41) is 0.665. The zero-order valence-corrected chi connectivity index (χ0v) is 12.3. The van der Waals surface area contributed by atoms with E-state index in [0.29, 0.717) is 27.9 Å². The van der Waals surface area contributed by atoms with E-state index in [1.165, 1.54) is 20.4 Å². The van der Waals surface area contributed by atoms with Crippen molar-refractivity contribution in [3.05, 3.63) is 28.5 Å². The summed E-state index contributed by atoms with van der Waals surface area (Å²) in [7, 11) is 2.85. The van der Waals surface area contributed by atoms with Crippen molar-refractivity contribution in [3.63, 3.8) is 0 Å². The van der Waals surface area contributed by atoms with Crippen LogP contribution in [-0.4, -0.2) is 35.1 Å². The van der Waals surface area contributed by atoms with E-state index in [9.17, 15) is 4.79 Å². The van der Waals surface area contributed by atoms with Gasteiger partial charge in [0.05, 0.1) is 30.6 Å². The Morgan fingerprint density at radius 2 is 2.10 bits per heavy atom. The molecule has 0 bridgehead atoms. The minimum Gasteiger partial charge on any atom is -0.480 e. The molecule has 0 spiro atoms. The molecule has 0 saturated heterocycles. The number of carbonyl (C=O) groups excluding carboxylic acids is 1. The number of fused-ring (bicyclic) bond motifs is 3. The van der Waals surface area contributed by atoms with Crippen LogP contribution in [0.4, 0.5) is 0 Å². The number of rotatable bonds is 2. The van der Waals surface area contributed by atoms with Crippen LogP contribution in [0.15, 0.2) is 22.9 Å². The predicted octanol–water partition coefficient (Wildman–Crippen LogP) is 2.67. The molecule has 0 radical (unpaired) electrons. The maximum atomic E-state index is 11.8. The molecule has 7 heteroatoms. The molecule has 0 aliphatic carbocycles. The van der Waals surface area contributed by atoms with Crippen LogP contribution in [-0.2, 0) is 4.74 Å². The number of ether oxygens (including phenoxy) is 2. The highest BCUT2D eigenvalue weighted by Gasteiger charge is 2.19. The molecule has 0 aromatic carbocycles. The van der Waals surface area contributed by atoms with Gasteiger partial charge in [-0.25, -0.2) is 9.78 Å². The molecule has 0 atom stereocenters. The number of pyridine rings is 2. The fraction of sp³-hybridized carbons (Fsp3) is 0.154. The van der Waals surface area contributed by atoms with Crippen molar-refractivity contribution >= 4 is 43.8 Å². The lowest BCUT2D eigenvalue weighted by Crippen LogP contribution is -2.03. The number of aromatic amines is 1. The van der Waals surface area contributed by atoms with Crippen molar-refractivity contribution in [2.45, 2.75) is 0 Å². The maximum Gasteiger partial charge on any atom is 0.341 e. The molecule has 0 amide bonds. The highest BCUT2D eigenvalue weighted by atomic mass is 79.9. The summed E-state index contributed by atoms with van der Waals surface area (Å²) in [4.78, 5) is 23.5. The largest absolute Gasteiger partial charge is 0.480 e. The molecule has 0 unspecified atom stereocenters. The van der Waals surface area contributed by atoms with E-state index in [0.717, 1.165) is 9.99 Å². The number of H-pyrrole nitrogens is 1. The zero-order valence-electron chi connectivity index (χ0n) is 10.7. The molecule has 3 rings (SSSR count). The summed E-state index contributed by atoms with van der Waals surface area (Å²) in [6.45, 7) is 0. The topological polar surface area (TPSA) is 77.1 Å². The van der Waals surface area contributed by atoms with Gasteiger partial charge in [0.2, 0.25) is 5.88 Å². The molecule has 6 nitrogen and oxygen atoms in total. The Balaban J connectivity index is 2.46. The third-order valence-electron chi connectivity index (χ3n) is 2.99. The van der Waals surface area contributed by atoms with Gasteiger partial charge in [0, 0.05) is 16.9 Å². The minimum atomic E-state index is -0.462. The number of hydrogen-bond acceptors (Lipinski definition) is 5. The lowest BCUT2D eigenvalue weighted by Gasteiger charge is -2.04. The Morgan fingerprint density at radius 3 is 2.80 bits per heavy atom. The molecular formula is C13H10BrN3O3. The van der Waals surface area contributed by atoms with Gasteiger partial charge >= 0.3 is 5.97 Å². The van der Waals surface area contributed by atoms with Crippen molar-refractivity contribution in [1.82, 2.24) is 15.0 Å². The van der Waals surface area contributed by atoms with E-state index >= 15 is 0 Å². The van der Waals surface area contributed by atoms with Crippen LogP contribution in [0.3, 0.4) is 0 Å². The number of carbonyl (C=O) groups is 1. The fourth-order valence-corrected chi connectivity index (χ4v) is 2.46. The molecule has 0 aliphatic heterocycles. The van der Waals surface area contributed by atoms with Crippen molar-refractivity contribution in [3.8, 4) is 5.88 Å². The number of aromatic nitrogens is 3. The van der Waals surface area contributed by atoms with Crippen molar-refractivity contribution in [2.24, 2.45) is 0 Å². The SMILES string of the molecule is COC(=O)c1cnc(OC)c2c1[nH]c1cc(Br)cnc12. The number of nitrogens with one attached hydrogen (secondary N) is 1. The van der Waals surface area contributed by atoms with Crippen LogP contribution >= 0.6 is 15.9 Å².